The van der Waals surface area contributed by atoms with Gasteiger partial charge in [0.1, 0.15) is 12.4 Å². The standard InChI is InChI=1S/C27H53N2O2/c1-3-5-7-15-23-30-25-17-11-9-13-19-28-21-22-29(27-28)20-14-10-12-18-26-31-24-16-8-6-4-2/h21-22,27H,3-20,23-26H2,1-2H3/q+1. The van der Waals surface area contributed by atoms with Crippen LogP contribution in [0.15, 0.2) is 18.7 Å². The van der Waals surface area contributed by atoms with Crippen molar-refractivity contribution in [2.24, 2.45) is 0 Å². The van der Waals surface area contributed by atoms with E-state index in [1.54, 1.807) is 0 Å². The van der Waals surface area contributed by atoms with Gasteiger partial charge in [-0.25, -0.2) is 9.13 Å². The number of nitrogens with zero attached hydrogens (tertiary/aromatic N) is 2. The van der Waals surface area contributed by atoms with Crippen molar-refractivity contribution in [3.63, 3.8) is 0 Å². The Morgan fingerprint density at radius 1 is 0.581 bits per heavy atom. The number of ether oxygens (including phenoxy) is 2. The second kappa shape index (κ2) is 22.3. The summed E-state index contributed by atoms with van der Waals surface area (Å²) in [5.74, 6) is 0. The molecule has 0 saturated heterocycles. The number of aromatic nitrogens is 2. The van der Waals surface area contributed by atoms with Crippen LogP contribution in [0.2, 0.25) is 0 Å². The maximum Gasteiger partial charge on any atom is 0.243 e. The SMILES string of the molecule is CCCCCCOCCCCCCn1cc[n+](CCCCCCOCCCCCC)c1. The van der Waals surface area contributed by atoms with Crippen molar-refractivity contribution in [1.82, 2.24) is 4.57 Å². The maximum absolute atomic E-state index is 5.72. The lowest BCUT2D eigenvalue weighted by Crippen LogP contribution is -2.30. The third kappa shape index (κ3) is 18.4. The Morgan fingerprint density at radius 2 is 1.06 bits per heavy atom. The molecule has 1 rings (SSSR count). The van der Waals surface area contributed by atoms with Crippen LogP contribution < -0.4 is 4.57 Å². The number of aryl methyl sites for hydroxylation is 2. The van der Waals surface area contributed by atoms with Crippen LogP contribution in [0.25, 0.3) is 0 Å². The minimum atomic E-state index is 0.945. The van der Waals surface area contributed by atoms with Crippen LogP contribution in [0.3, 0.4) is 0 Å². The van der Waals surface area contributed by atoms with Crippen molar-refractivity contribution in [1.29, 1.82) is 0 Å². The Labute approximate surface area is 193 Å². The molecule has 0 amide bonds. The molecule has 0 bridgehead atoms. The van der Waals surface area contributed by atoms with E-state index in [0.29, 0.717) is 0 Å². The molecule has 182 valence electrons. The van der Waals surface area contributed by atoms with Gasteiger partial charge in [-0.05, 0) is 51.4 Å². The molecule has 1 aromatic rings. The lowest BCUT2D eigenvalue weighted by molar-refractivity contribution is -0.696. The van der Waals surface area contributed by atoms with Gasteiger partial charge in [0.15, 0.2) is 0 Å². The minimum absolute atomic E-state index is 0.945. The first-order valence-corrected chi connectivity index (χ1v) is 13.6. The summed E-state index contributed by atoms with van der Waals surface area (Å²) in [6.45, 7) is 10.6. The summed E-state index contributed by atoms with van der Waals surface area (Å²) in [6, 6.07) is 0. The van der Waals surface area contributed by atoms with Crippen LogP contribution in [0.5, 0.6) is 0 Å². The van der Waals surface area contributed by atoms with Crippen molar-refractivity contribution in [2.75, 3.05) is 26.4 Å². The molecular formula is C27H53N2O2+. The molecule has 0 radical (unpaired) electrons. The van der Waals surface area contributed by atoms with Crippen LogP contribution in [0.1, 0.15) is 117 Å². The summed E-state index contributed by atoms with van der Waals surface area (Å²) in [7, 11) is 0. The highest BCUT2D eigenvalue weighted by Gasteiger charge is 2.03. The lowest BCUT2D eigenvalue weighted by atomic mass is 10.2. The summed E-state index contributed by atoms with van der Waals surface area (Å²) in [5, 5.41) is 0. The molecule has 0 aliphatic rings. The summed E-state index contributed by atoms with van der Waals surface area (Å²) < 4.78 is 16.1. The van der Waals surface area contributed by atoms with Crippen molar-refractivity contribution in [3.05, 3.63) is 18.7 Å². The monoisotopic (exact) mass is 437 g/mol. The Hall–Kier alpha value is -0.870. The quantitative estimate of drug-likeness (QED) is 0.127. The maximum atomic E-state index is 5.72. The third-order valence-corrected chi connectivity index (χ3v) is 5.94. The van der Waals surface area contributed by atoms with Crippen molar-refractivity contribution in [2.45, 2.75) is 130 Å². The van der Waals surface area contributed by atoms with E-state index in [1.807, 2.05) is 0 Å². The first-order chi connectivity index (χ1) is 15.4. The van der Waals surface area contributed by atoms with Crippen LogP contribution in [0.4, 0.5) is 0 Å². The fourth-order valence-electron chi connectivity index (χ4n) is 3.87. The Kier molecular flexibility index (Phi) is 20.3. The molecule has 0 spiro atoms. The van der Waals surface area contributed by atoms with Crippen LogP contribution >= 0.6 is 0 Å². The smallest absolute Gasteiger partial charge is 0.243 e. The summed E-state index contributed by atoms with van der Waals surface area (Å²) >= 11 is 0. The highest BCUT2D eigenvalue weighted by atomic mass is 16.5. The average Bonchev–Trinajstić information content (AvgIpc) is 3.23. The lowest BCUT2D eigenvalue weighted by Gasteiger charge is -2.04. The molecule has 4 nitrogen and oxygen atoms in total. The fraction of sp³-hybridized carbons (Fsp3) is 0.889. The second-order valence-electron chi connectivity index (χ2n) is 9.06. The summed E-state index contributed by atoms with van der Waals surface area (Å²) in [6.07, 6.45) is 27.3. The molecule has 0 aliphatic heterocycles. The van der Waals surface area contributed by atoms with E-state index in [9.17, 15) is 0 Å². The highest BCUT2D eigenvalue weighted by molar-refractivity contribution is 4.66. The van der Waals surface area contributed by atoms with E-state index in [4.69, 9.17) is 9.47 Å². The molecule has 0 unspecified atom stereocenters. The Bertz CT molecular complexity index is 435. The number of hydrogen-bond donors (Lipinski definition) is 0. The first-order valence-electron chi connectivity index (χ1n) is 13.6. The molecule has 0 saturated carbocycles. The molecule has 1 heterocycles. The summed E-state index contributed by atoms with van der Waals surface area (Å²) in [5.41, 5.74) is 0. The largest absolute Gasteiger partial charge is 0.381 e. The van der Waals surface area contributed by atoms with E-state index >= 15 is 0 Å². The van der Waals surface area contributed by atoms with E-state index < -0.39 is 0 Å². The van der Waals surface area contributed by atoms with Gasteiger partial charge < -0.3 is 9.47 Å². The Balaban J connectivity index is 1.86. The minimum Gasteiger partial charge on any atom is -0.381 e. The van der Waals surface area contributed by atoms with E-state index in [1.165, 1.54) is 103 Å². The van der Waals surface area contributed by atoms with Gasteiger partial charge in [-0.2, -0.15) is 0 Å². The van der Waals surface area contributed by atoms with E-state index in [-0.39, 0.29) is 0 Å². The number of imidazole rings is 1. The molecule has 0 aromatic carbocycles. The van der Waals surface area contributed by atoms with E-state index in [2.05, 4.69) is 41.7 Å². The average molecular weight is 438 g/mol. The summed E-state index contributed by atoms with van der Waals surface area (Å²) in [4.78, 5) is 0. The van der Waals surface area contributed by atoms with Gasteiger partial charge in [-0.3, -0.25) is 0 Å². The molecule has 31 heavy (non-hydrogen) atoms. The molecule has 0 atom stereocenters. The van der Waals surface area contributed by atoms with Crippen molar-refractivity contribution >= 4 is 0 Å². The van der Waals surface area contributed by atoms with Crippen LogP contribution in [-0.4, -0.2) is 31.0 Å². The third-order valence-electron chi connectivity index (χ3n) is 5.94. The second-order valence-corrected chi connectivity index (χ2v) is 9.06. The zero-order chi connectivity index (χ0) is 22.2. The van der Waals surface area contributed by atoms with Gasteiger partial charge in [0.05, 0.1) is 13.1 Å². The van der Waals surface area contributed by atoms with Crippen LogP contribution in [-0.2, 0) is 22.6 Å². The Morgan fingerprint density at radius 3 is 1.61 bits per heavy atom. The molecule has 0 aliphatic carbocycles. The number of hydrogen-bond acceptors (Lipinski definition) is 2. The van der Waals surface area contributed by atoms with Gasteiger partial charge in [-0.1, -0.05) is 65.2 Å². The predicted molar refractivity (Wildman–Crippen MR) is 131 cm³/mol. The highest BCUT2D eigenvalue weighted by Crippen LogP contribution is 2.05. The molecular weight excluding hydrogens is 384 g/mol. The number of rotatable bonds is 24. The first kappa shape index (κ1) is 28.2. The zero-order valence-electron chi connectivity index (χ0n) is 21.0. The van der Waals surface area contributed by atoms with Crippen molar-refractivity contribution < 1.29 is 14.0 Å². The molecule has 4 heteroatoms. The molecule has 0 N–H and O–H groups in total. The normalized spacial score (nSPS) is 11.4. The predicted octanol–water partition coefficient (Wildman–Crippen LogP) is 7.09. The van der Waals surface area contributed by atoms with Crippen molar-refractivity contribution in [3.8, 4) is 0 Å². The van der Waals surface area contributed by atoms with Gasteiger partial charge in [0.2, 0.25) is 6.33 Å². The van der Waals surface area contributed by atoms with E-state index in [0.717, 1.165) is 39.5 Å². The van der Waals surface area contributed by atoms with Gasteiger partial charge in [0.25, 0.3) is 0 Å². The van der Waals surface area contributed by atoms with Gasteiger partial charge in [-0.15, -0.1) is 0 Å². The topological polar surface area (TPSA) is 27.3 Å². The molecule has 1 aromatic heterocycles. The zero-order valence-corrected chi connectivity index (χ0v) is 21.0. The van der Waals surface area contributed by atoms with Crippen LogP contribution in [0, 0.1) is 0 Å². The number of unbranched alkanes of at least 4 members (excludes halogenated alkanes) is 12. The van der Waals surface area contributed by atoms with Gasteiger partial charge in [0, 0.05) is 26.4 Å². The molecule has 0 fully saturated rings. The fourth-order valence-corrected chi connectivity index (χ4v) is 3.87. The van der Waals surface area contributed by atoms with Gasteiger partial charge >= 0.3 is 0 Å².